The maximum atomic E-state index is 11.5. The molecule has 0 unspecified atom stereocenters. The minimum absolute atomic E-state index is 0.00630. The Balaban J connectivity index is 2.04. The molecule has 2 rings (SSSR count). The lowest BCUT2D eigenvalue weighted by Gasteiger charge is -2.14. The van der Waals surface area contributed by atoms with Gasteiger partial charge in [0.15, 0.2) is 5.13 Å². The van der Waals surface area contributed by atoms with Gasteiger partial charge in [0, 0.05) is 34.0 Å². The third kappa shape index (κ3) is 4.18. The van der Waals surface area contributed by atoms with Gasteiger partial charge in [0.05, 0.1) is 12.2 Å². The third-order valence-corrected chi connectivity index (χ3v) is 4.66. The molecular weight excluding hydrogens is 374 g/mol. The fraction of sp³-hybridized carbons (Fsp3) is 0.286. The lowest BCUT2D eigenvalue weighted by Crippen LogP contribution is -2.27. The fourth-order valence-electron chi connectivity index (χ4n) is 1.81. The van der Waals surface area contributed by atoms with Crippen molar-refractivity contribution in [2.75, 3.05) is 16.8 Å². The Bertz CT molecular complexity index is 647. The predicted molar refractivity (Wildman–Crippen MR) is 92.3 cm³/mol. The molecule has 1 amide bonds. The first kappa shape index (κ1) is 16.3. The molecule has 0 aliphatic rings. The highest BCUT2D eigenvalue weighted by Crippen LogP contribution is 2.27. The van der Waals surface area contributed by atoms with E-state index < -0.39 is 0 Å². The standard InChI is InChI=1S/C14H15BrClN3OS/c1-3-19(9(2)20)14-18-11(8-21-14)7-17-13-5-4-10(16)6-12(13)15/h4-6,8,17H,3,7H2,1-2H3. The van der Waals surface area contributed by atoms with Gasteiger partial charge in [-0.3, -0.25) is 9.69 Å². The molecule has 0 spiro atoms. The molecule has 0 aliphatic heterocycles. The summed E-state index contributed by atoms with van der Waals surface area (Å²) in [7, 11) is 0. The third-order valence-electron chi connectivity index (χ3n) is 2.86. The number of aromatic nitrogens is 1. The number of carbonyl (C=O) groups excluding carboxylic acids is 1. The lowest BCUT2D eigenvalue weighted by atomic mass is 10.3. The summed E-state index contributed by atoms with van der Waals surface area (Å²) in [5.41, 5.74) is 1.85. The van der Waals surface area contributed by atoms with E-state index in [1.54, 1.807) is 11.8 Å². The van der Waals surface area contributed by atoms with Gasteiger partial charge in [-0.1, -0.05) is 11.6 Å². The molecule has 7 heteroatoms. The zero-order chi connectivity index (χ0) is 15.4. The number of amides is 1. The summed E-state index contributed by atoms with van der Waals surface area (Å²) in [5.74, 6) is 0.00630. The first-order valence-corrected chi connectivity index (χ1v) is 8.47. The summed E-state index contributed by atoms with van der Waals surface area (Å²) < 4.78 is 0.907. The minimum atomic E-state index is 0.00630. The summed E-state index contributed by atoms with van der Waals surface area (Å²) in [4.78, 5) is 17.6. The van der Waals surface area contributed by atoms with E-state index in [-0.39, 0.29) is 5.91 Å². The van der Waals surface area contributed by atoms with Crippen molar-refractivity contribution in [2.45, 2.75) is 20.4 Å². The lowest BCUT2D eigenvalue weighted by molar-refractivity contribution is -0.116. The monoisotopic (exact) mass is 387 g/mol. The van der Waals surface area contributed by atoms with Crippen molar-refractivity contribution in [3.8, 4) is 0 Å². The van der Waals surface area contributed by atoms with Crippen LogP contribution >= 0.6 is 38.9 Å². The number of nitrogens with zero attached hydrogens (tertiary/aromatic N) is 2. The van der Waals surface area contributed by atoms with Crippen LogP contribution in [-0.2, 0) is 11.3 Å². The molecule has 0 aliphatic carbocycles. The Morgan fingerprint density at radius 2 is 2.29 bits per heavy atom. The second kappa shape index (κ2) is 7.24. The van der Waals surface area contributed by atoms with E-state index in [0.717, 1.165) is 21.0 Å². The van der Waals surface area contributed by atoms with E-state index in [4.69, 9.17) is 11.6 Å². The molecule has 0 saturated heterocycles. The van der Waals surface area contributed by atoms with Gasteiger partial charge in [0.2, 0.25) is 5.91 Å². The van der Waals surface area contributed by atoms with E-state index in [2.05, 4.69) is 26.2 Å². The highest BCUT2D eigenvalue weighted by Gasteiger charge is 2.13. The van der Waals surface area contributed by atoms with Gasteiger partial charge in [-0.05, 0) is 41.1 Å². The number of hydrogen-bond donors (Lipinski definition) is 1. The molecule has 0 fully saturated rings. The summed E-state index contributed by atoms with van der Waals surface area (Å²) in [6.07, 6.45) is 0. The second-order valence-electron chi connectivity index (χ2n) is 4.36. The number of nitrogens with one attached hydrogen (secondary N) is 1. The van der Waals surface area contributed by atoms with E-state index in [0.29, 0.717) is 18.1 Å². The SMILES string of the molecule is CCN(C(C)=O)c1nc(CNc2ccc(Cl)cc2Br)cs1. The van der Waals surface area contributed by atoms with Crippen LogP contribution in [0.2, 0.25) is 5.02 Å². The zero-order valence-electron chi connectivity index (χ0n) is 11.7. The molecule has 0 radical (unpaired) electrons. The Hall–Kier alpha value is -1.11. The molecule has 21 heavy (non-hydrogen) atoms. The Kier molecular flexibility index (Phi) is 5.61. The first-order chi connectivity index (χ1) is 10.0. The second-order valence-corrected chi connectivity index (χ2v) is 6.49. The zero-order valence-corrected chi connectivity index (χ0v) is 14.8. The van der Waals surface area contributed by atoms with Crippen molar-refractivity contribution in [3.63, 3.8) is 0 Å². The molecule has 112 valence electrons. The summed E-state index contributed by atoms with van der Waals surface area (Å²) in [5, 5.41) is 6.66. The quantitative estimate of drug-likeness (QED) is 0.817. The van der Waals surface area contributed by atoms with Crippen LogP contribution in [-0.4, -0.2) is 17.4 Å². The fourth-order valence-corrected chi connectivity index (χ4v) is 3.57. The highest BCUT2D eigenvalue weighted by molar-refractivity contribution is 9.10. The average Bonchev–Trinajstić information content (AvgIpc) is 2.87. The molecule has 1 heterocycles. The molecular formula is C14H15BrClN3OS. The van der Waals surface area contributed by atoms with Crippen LogP contribution in [0, 0.1) is 0 Å². The molecule has 0 bridgehead atoms. The van der Waals surface area contributed by atoms with E-state index in [1.165, 1.54) is 11.3 Å². The predicted octanol–water partition coefficient (Wildman–Crippen LogP) is 4.54. The number of rotatable bonds is 5. The molecule has 2 aromatic rings. The molecule has 1 aromatic carbocycles. The van der Waals surface area contributed by atoms with Crippen LogP contribution < -0.4 is 10.2 Å². The normalized spacial score (nSPS) is 10.5. The van der Waals surface area contributed by atoms with Crippen LogP contribution in [0.3, 0.4) is 0 Å². The molecule has 0 atom stereocenters. The van der Waals surface area contributed by atoms with Gasteiger partial charge in [0.1, 0.15) is 0 Å². The summed E-state index contributed by atoms with van der Waals surface area (Å²) >= 11 is 10.8. The first-order valence-electron chi connectivity index (χ1n) is 6.42. The number of carbonyl (C=O) groups is 1. The van der Waals surface area contributed by atoms with Crippen molar-refractivity contribution >= 4 is 55.6 Å². The largest absolute Gasteiger partial charge is 0.378 e. The smallest absolute Gasteiger partial charge is 0.225 e. The van der Waals surface area contributed by atoms with Gasteiger partial charge >= 0.3 is 0 Å². The van der Waals surface area contributed by atoms with E-state index in [9.17, 15) is 4.79 Å². The van der Waals surface area contributed by atoms with Crippen LogP contribution in [0.4, 0.5) is 10.8 Å². The number of anilines is 2. The van der Waals surface area contributed by atoms with Gasteiger partial charge in [0.25, 0.3) is 0 Å². The van der Waals surface area contributed by atoms with Gasteiger partial charge in [-0.25, -0.2) is 4.98 Å². The van der Waals surface area contributed by atoms with Crippen LogP contribution in [0.5, 0.6) is 0 Å². The minimum Gasteiger partial charge on any atom is -0.378 e. The number of hydrogen-bond acceptors (Lipinski definition) is 4. The van der Waals surface area contributed by atoms with E-state index >= 15 is 0 Å². The Labute approximate surface area is 141 Å². The van der Waals surface area contributed by atoms with Crippen LogP contribution in [0.15, 0.2) is 28.1 Å². The number of benzene rings is 1. The highest BCUT2D eigenvalue weighted by atomic mass is 79.9. The molecule has 1 N–H and O–H groups in total. The van der Waals surface area contributed by atoms with Crippen LogP contribution in [0.25, 0.3) is 0 Å². The maximum Gasteiger partial charge on any atom is 0.225 e. The van der Waals surface area contributed by atoms with Crippen LogP contribution in [0.1, 0.15) is 19.5 Å². The Morgan fingerprint density at radius 3 is 2.90 bits per heavy atom. The van der Waals surface area contributed by atoms with Crippen molar-refractivity contribution < 1.29 is 4.79 Å². The number of halogens is 2. The summed E-state index contributed by atoms with van der Waals surface area (Å²) in [6.45, 7) is 4.70. The van der Waals surface area contributed by atoms with Crippen molar-refractivity contribution in [1.29, 1.82) is 0 Å². The average molecular weight is 389 g/mol. The van der Waals surface area contributed by atoms with Gasteiger partial charge < -0.3 is 5.32 Å². The molecule has 0 saturated carbocycles. The van der Waals surface area contributed by atoms with Crippen molar-refractivity contribution in [1.82, 2.24) is 4.98 Å². The maximum absolute atomic E-state index is 11.5. The molecule has 1 aromatic heterocycles. The van der Waals surface area contributed by atoms with E-state index in [1.807, 2.05) is 30.5 Å². The number of thiazole rings is 1. The molecule has 4 nitrogen and oxygen atoms in total. The van der Waals surface area contributed by atoms with Crippen molar-refractivity contribution in [2.24, 2.45) is 0 Å². The Morgan fingerprint density at radius 1 is 1.52 bits per heavy atom. The van der Waals surface area contributed by atoms with Gasteiger partial charge in [-0.15, -0.1) is 11.3 Å². The topological polar surface area (TPSA) is 45.2 Å². The van der Waals surface area contributed by atoms with Crippen molar-refractivity contribution in [3.05, 3.63) is 38.8 Å². The van der Waals surface area contributed by atoms with Gasteiger partial charge in [-0.2, -0.15) is 0 Å². The summed E-state index contributed by atoms with van der Waals surface area (Å²) in [6, 6.07) is 5.58.